The van der Waals surface area contributed by atoms with Crippen molar-refractivity contribution in [2.24, 2.45) is 0 Å². The quantitative estimate of drug-likeness (QED) is 0.893. The molecule has 1 aromatic heterocycles. The molecule has 1 aromatic carbocycles. The molecule has 0 saturated carbocycles. The first-order valence-electron chi connectivity index (χ1n) is 7.11. The van der Waals surface area contributed by atoms with E-state index in [-0.39, 0.29) is 11.6 Å². The minimum absolute atomic E-state index is 0.282. The van der Waals surface area contributed by atoms with Crippen LogP contribution >= 0.6 is 0 Å². The molecule has 0 amide bonds. The van der Waals surface area contributed by atoms with Crippen LogP contribution in [0, 0.1) is 12.7 Å². The molecular weight excluding hydrogens is 255 g/mol. The third-order valence-electron chi connectivity index (χ3n) is 3.37. The van der Waals surface area contributed by atoms with Gasteiger partial charge in [0.05, 0.1) is 12.1 Å². The number of fused-ring (bicyclic) bond motifs is 1. The van der Waals surface area contributed by atoms with Crippen molar-refractivity contribution < 1.29 is 9.13 Å². The number of anilines is 1. The van der Waals surface area contributed by atoms with Crippen LogP contribution in [0.4, 0.5) is 10.1 Å². The monoisotopic (exact) mass is 276 g/mol. The normalized spacial score (nSPS) is 10.8. The zero-order valence-corrected chi connectivity index (χ0v) is 12.5. The summed E-state index contributed by atoms with van der Waals surface area (Å²) >= 11 is 0. The van der Waals surface area contributed by atoms with Gasteiger partial charge in [0.1, 0.15) is 0 Å². The molecule has 0 radical (unpaired) electrons. The second kappa shape index (κ2) is 6.07. The van der Waals surface area contributed by atoms with E-state index in [2.05, 4.69) is 17.2 Å². The minimum atomic E-state index is -0.361. The predicted molar refractivity (Wildman–Crippen MR) is 81.1 cm³/mol. The number of ether oxygens (including phenoxy) is 1. The maximum Gasteiger partial charge on any atom is 0.167 e. The summed E-state index contributed by atoms with van der Waals surface area (Å²) in [5, 5.41) is 4.27. The molecule has 0 aliphatic heterocycles. The highest BCUT2D eigenvalue weighted by atomic mass is 19.1. The predicted octanol–water partition coefficient (Wildman–Crippen LogP) is 4.08. The van der Waals surface area contributed by atoms with Crippen LogP contribution in [0.25, 0.3) is 10.9 Å². The van der Waals surface area contributed by atoms with Crippen molar-refractivity contribution >= 4 is 16.6 Å². The van der Waals surface area contributed by atoms with Crippen molar-refractivity contribution in [3.05, 3.63) is 29.2 Å². The Hall–Kier alpha value is -1.84. The lowest BCUT2D eigenvalue weighted by atomic mass is 10.0. The average molecular weight is 276 g/mol. The molecule has 3 nitrogen and oxygen atoms in total. The van der Waals surface area contributed by atoms with Crippen LogP contribution < -0.4 is 10.1 Å². The van der Waals surface area contributed by atoms with E-state index in [1.807, 2.05) is 20.8 Å². The van der Waals surface area contributed by atoms with Gasteiger partial charge in [-0.25, -0.2) is 4.39 Å². The fourth-order valence-corrected chi connectivity index (χ4v) is 2.43. The number of aryl methyl sites for hydroxylation is 1. The highest BCUT2D eigenvalue weighted by Crippen LogP contribution is 2.32. The van der Waals surface area contributed by atoms with Crippen LogP contribution in [0.15, 0.2) is 12.1 Å². The fourth-order valence-electron chi connectivity index (χ4n) is 2.43. The highest BCUT2D eigenvalue weighted by Gasteiger charge is 2.14. The molecule has 0 unspecified atom stereocenters. The van der Waals surface area contributed by atoms with E-state index in [0.717, 1.165) is 35.3 Å². The van der Waals surface area contributed by atoms with Crippen LogP contribution in [0.3, 0.4) is 0 Å². The van der Waals surface area contributed by atoms with Gasteiger partial charge in [0.15, 0.2) is 11.6 Å². The fraction of sp³-hybridized carbons (Fsp3) is 0.438. The van der Waals surface area contributed by atoms with E-state index in [1.54, 1.807) is 6.07 Å². The second-order valence-electron chi connectivity index (χ2n) is 4.68. The van der Waals surface area contributed by atoms with Crippen LogP contribution in [0.1, 0.15) is 32.0 Å². The lowest BCUT2D eigenvalue weighted by Crippen LogP contribution is -2.05. The van der Waals surface area contributed by atoms with Crippen molar-refractivity contribution in [2.75, 3.05) is 18.5 Å². The van der Waals surface area contributed by atoms with Gasteiger partial charge in [0.25, 0.3) is 0 Å². The molecular formula is C16H21FN2O. The summed E-state index contributed by atoms with van der Waals surface area (Å²) in [5.74, 6) is -0.0789. The zero-order valence-electron chi connectivity index (χ0n) is 12.5. The Morgan fingerprint density at radius 1 is 1.25 bits per heavy atom. The highest BCUT2D eigenvalue weighted by molar-refractivity contribution is 5.94. The third-order valence-corrected chi connectivity index (χ3v) is 3.37. The Kier molecular flexibility index (Phi) is 4.42. The molecule has 1 N–H and O–H groups in total. The van der Waals surface area contributed by atoms with Gasteiger partial charge in [-0.1, -0.05) is 6.92 Å². The molecule has 0 fully saturated rings. The number of nitrogens with one attached hydrogen (secondary N) is 1. The molecule has 0 spiro atoms. The van der Waals surface area contributed by atoms with Gasteiger partial charge in [0, 0.05) is 29.4 Å². The first-order valence-corrected chi connectivity index (χ1v) is 7.11. The number of hydrogen-bond acceptors (Lipinski definition) is 3. The Bertz CT molecular complexity index is 626. The summed E-state index contributed by atoms with van der Waals surface area (Å²) in [6, 6.07) is 3.20. The first kappa shape index (κ1) is 14.6. The largest absolute Gasteiger partial charge is 0.491 e. The van der Waals surface area contributed by atoms with E-state index in [9.17, 15) is 4.39 Å². The SMILES string of the molecule is CCNc1c(C)c(CC)nc2cc(F)c(OCC)cc12. The summed E-state index contributed by atoms with van der Waals surface area (Å²) in [6.45, 7) is 9.25. The second-order valence-corrected chi connectivity index (χ2v) is 4.68. The number of halogens is 1. The molecule has 0 bridgehead atoms. The number of hydrogen-bond donors (Lipinski definition) is 1. The number of aromatic nitrogens is 1. The third kappa shape index (κ3) is 2.55. The van der Waals surface area contributed by atoms with Crippen molar-refractivity contribution in [3.63, 3.8) is 0 Å². The van der Waals surface area contributed by atoms with Gasteiger partial charge in [-0.2, -0.15) is 0 Å². The van der Waals surface area contributed by atoms with Crippen molar-refractivity contribution in [1.29, 1.82) is 0 Å². The molecule has 4 heteroatoms. The van der Waals surface area contributed by atoms with Crippen LogP contribution in [-0.2, 0) is 6.42 Å². The number of benzene rings is 1. The topological polar surface area (TPSA) is 34.2 Å². The van der Waals surface area contributed by atoms with E-state index in [4.69, 9.17) is 4.74 Å². The van der Waals surface area contributed by atoms with Crippen LogP contribution in [0.5, 0.6) is 5.75 Å². The smallest absolute Gasteiger partial charge is 0.167 e. The van der Waals surface area contributed by atoms with E-state index >= 15 is 0 Å². The van der Waals surface area contributed by atoms with Gasteiger partial charge in [0.2, 0.25) is 0 Å². The molecule has 0 atom stereocenters. The molecule has 0 aliphatic carbocycles. The summed E-state index contributed by atoms with van der Waals surface area (Å²) in [7, 11) is 0. The van der Waals surface area contributed by atoms with Crippen LogP contribution in [-0.4, -0.2) is 18.1 Å². The number of pyridine rings is 1. The number of rotatable bonds is 5. The summed E-state index contributed by atoms with van der Waals surface area (Å²) in [5.41, 5.74) is 3.81. The molecule has 108 valence electrons. The molecule has 20 heavy (non-hydrogen) atoms. The van der Waals surface area contributed by atoms with Crippen molar-refractivity contribution in [1.82, 2.24) is 4.98 Å². The summed E-state index contributed by atoms with van der Waals surface area (Å²) in [4.78, 5) is 4.56. The average Bonchev–Trinajstić information content (AvgIpc) is 2.43. The number of nitrogens with zero attached hydrogens (tertiary/aromatic N) is 1. The molecule has 1 heterocycles. The molecule has 2 rings (SSSR count). The van der Waals surface area contributed by atoms with Crippen LogP contribution in [0.2, 0.25) is 0 Å². The van der Waals surface area contributed by atoms with Gasteiger partial charge in [-0.15, -0.1) is 0 Å². The van der Waals surface area contributed by atoms with Gasteiger partial charge in [-0.3, -0.25) is 4.98 Å². The molecule has 2 aromatic rings. The van der Waals surface area contributed by atoms with E-state index in [0.29, 0.717) is 12.1 Å². The maximum absolute atomic E-state index is 14.0. The summed E-state index contributed by atoms with van der Waals surface area (Å²) in [6.07, 6.45) is 0.828. The van der Waals surface area contributed by atoms with Crippen molar-refractivity contribution in [2.45, 2.75) is 34.1 Å². The standard InChI is InChI=1S/C16H21FN2O/c1-5-13-10(4)16(18-6-2)11-8-15(20-7-3)12(17)9-14(11)19-13/h8-9H,5-7H2,1-4H3,(H,18,19). The Labute approximate surface area is 119 Å². The van der Waals surface area contributed by atoms with Gasteiger partial charge >= 0.3 is 0 Å². The van der Waals surface area contributed by atoms with Gasteiger partial charge < -0.3 is 10.1 Å². The minimum Gasteiger partial charge on any atom is -0.491 e. The Morgan fingerprint density at radius 2 is 2.00 bits per heavy atom. The lowest BCUT2D eigenvalue weighted by molar-refractivity contribution is 0.322. The first-order chi connectivity index (χ1) is 9.62. The molecule has 0 saturated heterocycles. The lowest BCUT2D eigenvalue weighted by Gasteiger charge is -2.16. The van der Waals surface area contributed by atoms with Gasteiger partial charge in [-0.05, 0) is 38.8 Å². The zero-order chi connectivity index (χ0) is 14.7. The van der Waals surface area contributed by atoms with E-state index in [1.165, 1.54) is 6.07 Å². The van der Waals surface area contributed by atoms with Crippen molar-refractivity contribution in [3.8, 4) is 5.75 Å². The maximum atomic E-state index is 14.0. The van der Waals surface area contributed by atoms with E-state index < -0.39 is 0 Å². The Balaban J connectivity index is 2.74. The molecule has 0 aliphatic rings. The summed E-state index contributed by atoms with van der Waals surface area (Å²) < 4.78 is 19.3. The Morgan fingerprint density at radius 3 is 2.60 bits per heavy atom.